The molecule has 1 atom stereocenters. The van der Waals surface area contributed by atoms with Crippen LogP contribution in [0.3, 0.4) is 0 Å². The fourth-order valence-corrected chi connectivity index (χ4v) is 3.95. The number of rotatable bonds is 5. The molecule has 1 saturated heterocycles. The molecule has 0 aliphatic carbocycles. The lowest BCUT2D eigenvalue weighted by Gasteiger charge is -2.35. The van der Waals surface area contributed by atoms with Gasteiger partial charge in [-0.15, -0.1) is 24.0 Å². The number of benzene rings is 1. The van der Waals surface area contributed by atoms with E-state index in [-0.39, 0.29) is 35.8 Å². The molecule has 1 aromatic carbocycles. The molecule has 2 rings (SSSR count). The van der Waals surface area contributed by atoms with E-state index >= 15 is 0 Å². The summed E-state index contributed by atoms with van der Waals surface area (Å²) >= 11 is 0. The average Bonchev–Trinajstić information content (AvgIpc) is 2.61. The Balaban J connectivity index is 0.00000364. The van der Waals surface area contributed by atoms with Crippen molar-refractivity contribution >= 4 is 45.5 Å². The summed E-state index contributed by atoms with van der Waals surface area (Å²) in [7, 11) is -1.42. The molecule has 2 N–H and O–H groups in total. The zero-order valence-corrected chi connectivity index (χ0v) is 19.9. The van der Waals surface area contributed by atoms with Crippen molar-refractivity contribution in [1.82, 2.24) is 10.6 Å². The predicted octanol–water partition coefficient (Wildman–Crippen LogP) is 2.65. The number of guanidine groups is 1. The third kappa shape index (κ3) is 7.14. The summed E-state index contributed by atoms with van der Waals surface area (Å²) in [5, 5.41) is 6.57. The summed E-state index contributed by atoms with van der Waals surface area (Å²) in [4.78, 5) is 6.62. The Morgan fingerprint density at radius 2 is 1.93 bits per heavy atom. The molecule has 8 heteroatoms. The molecule has 0 amide bonds. The first kappa shape index (κ1) is 24.0. The van der Waals surface area contributed by atoms with Crippen molar-refractivity contribution in [1.29, 1.82) is 0 Å². The van der Waals surface area contributed by atoms with Crippen LogP contribution in [0.25, 0.3) is 0 Å². The highest BCUT2D eigenvalue weighted by Crippen LogP contribution is 2.19. The van der Waals surface area contributed by atoms with Crippen LogP contribution in [0.1, 0.15) is 33.6 Å². The maximum atomic E-state index is 12.2. The van der Waals surface area contributed by atoms with Gasteiger partial charge in [0, 0.05) is 38.4 Å². The van der Waals surface area contributed by atoms with Crippen LogP contribution in [-0.2, 0) is 9.84 Å². The highest BCUT2D eigenvalue weighted by Gasteiger charge is 2.28. The van der Waals surface area contributed by atoms with Gasteiger partial charge in [-0.25, -0.2) is 8.42 Å². The first-order chi connectivity index (χ1) is 12.2. The van der Waals surface area contributed by atoms with Gasteiger partial charge in [-0.2, -0.15) is 0 Å². The Morgan fingerprint density at radius 1 is 1.26 bits per heavy atom. The minimum atomic E-state index is -3.13. The van der Waals surface area contributed by atoms with E-state index < -0.39 is 14.6 Å². The van der Waals surface area contributed by atoms with Crippen LogP contribution in [-0.4, -0.2) is 57.6 Å². The second-order valence-electron chi connectivity index (χ2n) is 7.70. The maximum Gasteiger partial charge on any atom is 0.191 e. The summed E-state index contributed by atoms with van der Waals surface area (Å²) in [5.74, 6) is 0.756. The lowest BCUT2D eigenvalue weighted by molar-refractivity contribution is 0.468. The van der Waals surface area contributed by atoms with E-state index in [1.165, 1.54) is 5.69 Å². The van der Waals surface area contributed by atoms with Crippen LogP contribution in [0, 0.1) is 0 Å². The molecule has 0 saturated carbocycles. The number of sulfone groups is 1. The van der Waals surface area contributed by atoms with Crippen molar-refractivity contribution in [3.05, 3.63) is 30.3 Å². The predicted molar refractivity (Wildman–Crippen MR) is 125 cm³/mol. The van der Waals surface area contributed by atoms with Crippen molar-refractivity contribution in [3.63, 3.8) is 0 Å². The Hall–Kier alpha value is -1.03. The van der Waals surface area contributed by atoms with E-state index in [1.54, 1.807) is 27.8 Å². The highest BCUT2D eigenvalue weighted by molar-refractivity contribution is 14.0. The van der Waals surface area contributed by atoms with Gasteiger partial charge in [0.05, 0.1) is 10.5 Å². The van der Waals surface area contributed by atoms with Crippen molar-refractivity contribution in [2.24, 2.45) is 4.99 Å². The third-order valence-electron chi connectivity index (χ3n) is 4.70. The van der Waals surface area contributed by atoms with Gasteiger partial charge in [0.1, 0.15) is 0 Å². The van der Waals surface area contributed by atoms with Gasteiger partial charge in [0.2, 0.25) is 0 Å². The molecular formula is C19H33IN4O2S. The normalized spacial score (nSPS) is 18.6. The first-order valence-electron chi connectivity index (χ1n) is 9.22. The van der Waals surface area contributed by atoms with Crippen molar-refractivity contribution in [2.75, 3.05) is 37.3 Å². The van der Waals surface area contributed by atoms with Crippen LogP contribution in [0.5, 0.6) is 0 Å². The molecular weight excluding hydrogens is 475 g/mol. The Bertz CT molecular complexity index is 702. The number of hydrogen-bond donors (Lipinski definition) is 2. The molecule has 0 aromatic heterocycles. The number of nitrogens with one attached hydrogen (secondary N) is 2. The molecule has 1 aliphatic rings. The Morgan fingerprint density at radius 3 is 2.52 bits per heavy atom. The minimum absolute atomic E-state index is 0. The number of para-hydroxylation sites is 1. The molecule has 154 valence electrons. The fraction of sp³-hybridized carbons (Fsp3) is 0.632. The summed E-state index contributed by atoms with van der Waals surface area (Å²) in [6.07, 6.45) is 2.19. The zero-order valence-electron chi connectivity index (χ0n) is 16.7. The standard InChI is InChI=1S/C19H32N4O2S.HI/c1-19(2,3)26(24,25)14-12-21-18(20-4)22-16-9-8-13-23(15-16)17-10-6-5-7-11-17;/h5-7,10-11,16H,8-9,12-15H2,1-4H3,(H2,20,21,22);1H. The summed E-state index contributed by atoms with van der Waals surface area (Å²) < 4.78 is 23.7. The number of piperidine rings is 1. The van der Waals surface area contributed by atoms with Gasteiger partial charge in [-0.05, 0) is 45.7 Å². The molecule has 1 unspecified atom stereocenters. The second kappa shape index (κ2) is 10.5. The topological polar surface area (TPSA) is 73.8 Å². The lowest BCUT2D eigenvalue weighted by atomic mass is 10.1. The number of aliphatic imine (C=N–C) groups is 1. The van der Waals surface area contributed by atoms with E-state index in [0.717, 1.165) is 25.9 Å². The average molecular weight is 508 g/mol. The van der Waals surface area contributed by atoms with E-state index in [1.807, 2.05) is 6.07 Å². The summed E-state index contributed by atoms with van der Waals surface area (Å²) in [6.45, 7) is 7.51. The zero-order chi connectivity index (χ0) is 19.2. The fourth-order valence-electron chi connectivity index (χ4n) is 2.97. The molecule has 1 heterocycles. The summed E-state index contributed by atoms with van der Waals surface area (Å²) in [5.41, 5.74) is 1.23. The number of halogens is 1. The molecule has 1 aliphatic heterocycles. The van der Waals surface area contributed by atoms with Gasteiger partial charge in [0.15, 0.2) is 15.8 Å². The van der Waals surface area contributed by atoms with Crippen molar-refractivity contribution in [2.45, 2.75) is 44.4 Å². The molecule has 0 spiro atoms. The second-order valence-corrected chi connectivity index (χ2v) is 10.6. The molecule has 27 heavy (non-hydrogen) atoms. The van der Waals surface area contributed by atoms with Gasteiger partial charge in [-0.3, -0.25) is 4.99 Å². The van der Waals surface area contributed by atoms with Crippen LogP contribution in [0.15, 0.2) is 35.3 Å². The number of anilines is 1. The van der Waals surface area contributed by atoms with Crippen LogP contribution >= 0.6 is 24.0 Å². The van der Waals surface area contributed by atoms with Gasteiger partial charge < -0.3 is 15.5 Å². The molecule has 0 bridgehead atoms. The quantitative estimate of drug-likeness (QED) is 0.364. The Kier molecular flexibility index (Phi) is 9.33. The largest absolute Gasteiger partial charge is 0.369 e. The van der Waals surface area contributed by atoms with Crippen LogP contribution in [0.4, 0.5) is 5.69 Å². The lowest BCUT2D eigenvalue weighted by Crippen LogP contribution is -2.52. The molecule has 6 nitrogen and oxygen atoms in total. The van der Waals surface area contributed by atoms with Crippen LogP contribution < -0.4 is 15.5 Å². The number of nitrogens with zero attached hydrogens (tertiary/aromatic N) is 2. The van der Waals surface area contributed by atoms with Gasteiger partial charge in [-0.1, -0.05) is 18.2 Å². The van der Waals surface area contributed by atoms with E-state index in [4.69, 9.17) is 0 Å². The third-order valence-corrected chi connectivity index (χ3v) is 7.31. The van der Waals surface area contributed by atoms with Gasteiger partial charge >= 0.3 is 0 Å². The first-order valence-corrected chi connectivity index (χ1v) is 10.9. The van der Waals surface area contributed by atoms with Gasteiger partial charge in [0.25, 0.3) is 0 Å². The molecule has 1 fully saturated rings. The molecule has 0 radical (unpaired) electrons. The maximum absolute atomic E-state index is 12.2. The van der Waals surface area contributed by atoms with E-state index in [0.29, 0.717) is 12.5 Å². The molecule has 1 aromatic rings. The SMILES string of the molecule is CN=C(NCCS(=O)(=O)C(C)(C)C)NC1CCCN(c2ccccc2)C1.I. The van der Waals surface area contributed by atoms with Crippen molar-refractivity contribution in [3.8, 4) is 0 Å². The highest BCUT2D eigenvalue weighted by atomic mass is 127. The smallest absolute Gasteiger partial charge is 0.191 e. The Labute approximate surface area is 181 Å². The number of hydrogen-bond acceptors (Lipinski definition) is 4. The summed E-state index contributed by atoms with van der Waals surface area (Å²) in [6, 6.07) is 10.7. The minimum Gasteiger partial charge on any atom is -0.369 e. The van der Waals surface area contributed by atoms with Crippen molar-refractivity contribution < 1.29 is 8.42 Å². The van der Waals surface area contributed by atoms with E-state index in [9.17, 15) is 8.42 Å². The van der Waals surface area contributed by atoms with E-state index in [2.05, 4.69) is 44.8 Å². The monoisotopic (exact) mass is 508 g/mol. The van der Waals surface area contributed by atoms with Crippen LogP contribution in [0.2, 0.25) is 0 Å².